The monoisotopic (exact) mass is 450 g/mol. The van der Waals surface area contributed by atoms with Crippen LogP contribution in [0.4, 0.5) is 10.5 Å². The molecular formula is C22H34N4O6. The van der Waals surface area contributed by atoms with Gasteiger partial charge < -0.3 is 25.0 Å². The van der Waals surface area contributed by atoms with E-state index in [1.165, 1.54) is 19.1 Å². The Balaban J connectivity index is 1.92. The zero-order valence-corrected chi connectivity index (χ0v) is 19.2. The average molecular weight is 451 g/mol. The number of nitrogens with one attached hydrogen (secondary N) is 3. The summed E-state index contributed by atoms with van der Waals surface area (Å²) in [6.45, 7) is 4.27. The molecule has 0 aromatic heterocycles. The topological polar surface area (TPSA) is 129 Å². The summed E-state index contributed by atoms with van der Waals surface area (Å²) in [5.41, 5.74) is 1.49. The molecule has 1 saturated carbocycles. The van der Waals surface area contributed by atoms with Gasteiger partial charge in [0.2, 0.25) is 5.91 Å². The van der Waals surface area contributed by atoms with Crippen LogP contribution in [0.3, 0.4) is 0 Å². The maximum Gasteiger partial charge on any atom is 0.319 e. The van der Waals surface area contributed by atoms with Crippen molar-refractivity contribution in [2.75, 3.05) is 39.2 Å². The van der Waals surface area contributed by atoms with E-state index in [1.54, 1.807) is 23.7 Å². The molecule has 0 atom stereocenters. The molecule has 0 unspecified atom stereocenters. The van der Waals surface area contributed by atoms with Crippen molar-refractivity contribution >= 4 is 23.5 Å². The van der Waals surface area contributed by atoms with Crippen LogP contribution in [0.2, 0.25) is 0 Å². The summed E-state index contributed by atoms with van der Waals surface area (Å²) >= 11 is 0. The first-order valence-corrected chi connectivity index (χ1v) is 10.6. The summed E-state index contributed by atoms with van der Waals surface area (Å²) < 4.78 is 10.4. The summed E-state index contributed by atoms with van der Waals surface area (Å²) in [6.07, 6.45) is 3.33. The summed E-state index contributed by atoms with van der Waals surface area (Å²) in [5.74, 6) is 0.632. The van der Waals surface area contributed by atoms with Gasteiger partial charge in [0.15, 0.2) is 0 Å². The fourth-order valence-corrected chi connectivity index (χ4v) is 3.43. The number of carbonyl (C=O) groups is 3. The second-order valence-electron chi connectivity index (χ2n) is 8.82. The predicted molar refractivity (Wildman–Crippen MR) is 119 cm³/mol. The highest BCUT2D eigenvalue weighted by Gasteiger charge is 2.30. The lowest BCUT2D eigenvalue weighted by molar-refractivity contribution is -0.141. The average Bonchev–Trinajstić information content (AvgIpc) is 2.73. The third-order valence-corrected chi connectivity index (χ3v) is 5.53. The number of rotatable bonds is 11. The molecule has 0 heterocycles. The Morgan fingerprint density at radius 2 is 1.91 bits per heavy atom. The van der Waals surface area contributed by atoms with E-state index in [1.807, 2.05) is 13.8 Å². The molecular weight excluding hydrogens is 416 g/mol. The number of nitrogens with zero attached hydrogens (tertiary/aromatic N) is 1. The van der Waals surface area contributed by atoms with Crippen LogP contribution < -0.4 is 25.6 Å². The minimum absolute atomic E-state index is 0.140. The smallest absolute Gasteiger partial charge is 0.319 e. The summed E-state index contributed by atoms with van der Waals surface area (Å²) in [6, 6.07) is 4.62. The summed E-state index contributed by atoms with van der Waals surface area (Å²) in [4.78, 5) is 38.4. The highest BCUT2D eigenvalue weighted by atomic mass is 16.5. The second kappa shape index (κ2) is 11.6. The molecule has 0 saturated heterocycles. The molecule has 32 heavy (non-hydrogen) atoms. The van der Waals surface area contributed by atoms with E-state index in [2.05, 4.69) is 10.6 Å². The first-order chi connectivity index (χ1) is 15.2. The number of benzene rings is 1. The molecule has 0 aliphatic heterocycles. The van der Waals surface area contributed by atoms with Crippen LogP contribution in [0.1, 0.15) is 39.5 Å². The lowest BCUT2D eigenvalue weighted by Crippen LogP contribution is -2.46. The highest BCUT2D eigenvalue weighted by molar-refractivity contribution is 5.91. The molecule has 1 aliphatic rings. The maximum atomic E-state index is 12.9. The molecule has 1 aromatic carbocycles. The Labute approximate surface area is 188 Å². The SMILES string of the molecule is COc1ccc(OC)c(NC(=O)NCC(C)(C)CC(=O)N(CC(=O)NO)CC2CCC2)c1. The molecule has 178 valence electrons. The fraction of sp³-hybridized carbons (Fsp3) is 0.591. The van der Waals surface area contributed by atoms with Crippen LogP contribution >= 0.6 is 0 Å². The third-order valence-electron chi connectivity index (χ3n) is 5.53. The van der Waals surface area contributed by atoms with Gasteiger partial charge in [-0.15, -0.1) is 0 Å². The minimum Gasteiger partial charge on any atom is -0.497 e. The van der Waals surface area contributed by atoms with Gasteiger partial charge in [-0.3, -0.25) is 14.8 Å². The summed E-state index contributed by atoms with van der Waals surface area (Å²) in [7, 11) is 3.04. The third kappa shape index (κ3) is 7.60. The number of methoxy groups -OCH3 is 2. The van der Waals surface area contributed by atoms with E-state index in [4.69, 9.17) is 14.7 Å². The molecule has 0 bridgehead atoms. The molecule has 4 amide bonds. The second-order valence-corrected chi connectivity index (χ2v) is 8.82. The Kier molecular flexibility index (Phi) is 9.13. The van der Waals surface area contributed by atoms with E-state index >= 15 is 0 Å². The number of carbonyl (C=O) groups excluding carboxylic acids is 3. The van der Waals surface area contributed by atoms with Crippen LogP contribution in [0.5, 0.6) is 11.5 Å². The quantitative estimate of drug-likeness (QED) is 0.303. The van der Waals surface area contributed by atoms with Gasteiger partial charge in [0.05, 0.1) is 19.9 Å². The Morgan fingerprint density at radius 1 is 1.19 bits per heavy atom. The Hall–Kier alpha value is -3.01. The molecule has 0 spiro atoms. The van der Waals surface area contributed by atoms with Gasteiger partial charge in [0.25, 0.3) is 5.91 Å². The van der Waals surface area contributed by atoms with Gasteiger partial charge in [-0.25, -0.2) is 10.3 Å². The van der Waals surface area contributed by atoms with E-state index < -0.39 is 17.4 Å². The number of amides is 4. The van der Waals surface area contributed by atoms with Crippen LogP contribution in [-0.2, 0) is 9.59 Å². The van der Waals surface area contributed by atoms with Crippen molar-refractivity contribution in [3.63, 3.8) is 0 Å². The molecule has 0 radical (unpaired) electrons. The van der Waals surface area contributed by atoms with Crippen molar-refractivity contribution in [2.24, 2.45) is 11.3 Å². The van der Waals surface area contributed by atoms with Gasteiger partial charge in [-0.05, 0) is 36.3 Å². The first-order valence-electron chi connectivity index (χ1n) is 10.6. The van der Waals surface area contributed by atoms with Gasteiger partial charge in [-0.2, -0.15) is 0 Å². The van der Waals surface area contributed by atoms with Gasteiger partial charge in [0, 0.05) is 25.6 Å². The molecule has 1 fully saturated rings. The van der Waals surface area contributed by atoms with Gasteiger partial charge in [0.1, 0.15) is 18.0 Å². The Morgan fingerprint density at radius 3 is 2.47 bits per heavy atom. The van der Waals surface area contributed by atoms with Crippen molar-refractivity contribution in [3.05, 3.63) is 18.2 Å². The minimum atomic E-state index is -0.625. The van der Waals surface area contributed by atoms with Crippen LogP contribution in [0, 0.1) is 11.3 Å². The molecule has 2 rings (SSSR count). The Bertz CT molecular complexity index is 810. The standard InChI is InChI=1S/C22H34N4O6/c1-22(2,11-20(28)26(13-19(27)25-30)12-15-6-5-7-15)14-23-21(29)24-17-10-16(31-3)8-9-18(17)32-4/h8-10,15,30H,5-7,11-14H2,1-4H3,(H,25,27)(H2,23,24,29). The number of ether oxygens (including phenoxy) is 2. The first kappa shape index (κ1) is 25.3. The number of anilines is 1. The van der Waals surface area contributed by atoms with E-state index in [9.17, 15) is 14.4 Å². The van der Waals surface area contributed by atoms with E-state index in [0.29, 0.717) is 29.6 Å². The van der Waals surface area contributed by atoms with E-state index in [0.717, 1.165) is 19.3 Å². The lowest BCUT2D eigenvalue weighted by Gasteiger charge is -2.34. The molecule has 10 nitrogen and oxygen atoms in total. The van der Waals surface area contributed by atoms with Crippen molar-refractivity contribution in [1.29, 1.82) is 0 Å². The van der Waals surface area contributed by atoms with Crippen molar-refractivity contribution in [1.82, 2.24) is 15.7 Å². The molecule has 1 aromatic rings. The molecule has 4 N–H and O–H groups in total. The molecule has 1 aliphatic carbocycles. The van der Waals surface area contributed by atoms with Crippen molar-refractivity contribution < 1.29 is 29.1 Å². The predicted octanol–water partition coefficient (Wildman–Crippen LogP) is 2.38. The fourth-order valence-electron chi connectivity index (χ4n) is 3.43. The highest BCUT2D eigenvalue weighted by Crippen LogP contribution is 2.30. The number of hydroxylamine groups is 1. The zero-order chi connectivity index (χ0) is 23.7. The van der Waals surface area contributed by atoms with Crippen molar-refractivity contribution in [3.8, 4) is 11.5 Å². The zero-order valence-electron chi connectivity index (χ0n) is 19.2. The largest absolute Gasteiger partial charge is 0.497 e. The summed E-state index contributed by atoms with van der Waals surface area (Å²) in [5, 5.41) is 14.3. The van der Waals surface area contributed by atoms with Crippen LogP contribution in [0.25, 0.3) is 0 Å². The van der Waals surface area contributed by atoms with E-state index in [-0.39, 0.29) is 25.4 Å². The lowest BCUT2D eigenvalue weighted by atomic mass is 9.84. The van der Waals surface area contributed by atoms with Crippen LogP contribution in [0.15, 0.2) is 18.2 Å². The normalized spacial score (nSPS) is 13.5. The number of hydrogen-bond acceptors (Lipinski definition) is 6. The van der Waals surface area contributed by atoms with Gasteiger partial charge in [-0.1, -0.05) is 20.3 Å². The molecule has 10 heteroatoms. The maximum absolute atomic E-state index is 12.9. The van der Waals surface area contributed by atoms with Crippen molar-refractivity contribution in [2.45, 2.75) is 39.5 Å². The van der Waals surface area contributed by atoms with Crippen LogP contribution in [-0.4, -0.2) is 61.8 Å². The van der Waals surface area contributed by atoms with Gasteiger partial charge >= 0.3 is 6.03 Å². The number of urea groups is 1. The number of hydrogen-bond donors (Lipinski definition) is 4.